The lowest BCUT2D eigenvalue weighted by Gasteiger charge is -2.35. The van der Waals surface area contributed by atoms with Crippen molar-refractivity contribution < 1.29 is 0 Å². The fourth-order valence-electron chi connectivity index (χ4n) is 10.2. The van der Waals surface area contributed by atoms with Crippen LogP contribution in [0.2, 0.25) is 0 Å². The molecule has 9 aromatic rings. The Balaban J connectivity index is 1.10. The van der Waals surface area contributed by atoms with Crippen LogP contribution in [0.5, 0.6) is 0 Å². The second kappa shape index (κ2) is 14.2. The monoisotopic (exact) mass is 831 g/mol. The van der Waals surface area contributed by atoms with Crippen LogP contribution in [-0.4, -0.2) is 0 Å². The van der Waals surface area contributed by atoms with Gasteiger partial charge in [0.1, 0.15) is 0 Å². The van der Waals surface area contributed by atoms with Gasteiger partial charge in [0.2, 0.25) is 0 Å². The summed E-state index contributed by atoms with van der Waals surface area (Å²) in [7, 11) is 0. The van der Waals surface area contributed by atoms with Crippen molar-refractivity contribution in [3.8, 4) is 44.5 Å². The zero-order valence-electron chi connectivity index (χ0n) is 33.6. The highest BCUT2D eigenvalue weighted by Gasteiger charge is 2.47. The molecule has 9 aromatic carbocycles. The Morgan fingerprint density at radius 2 is 0.783 bits per heavy atom. The second-order valence-corrected chi connectivity index (χ2v) is 17.5. The molecule has 0 saturated carbocycles. The van der Waals surface area contributed by atoms with Gasteiger partial charge in [-0.3, -0.25) is 0 Å². The number of hydrogen-bond acceptors (Lipinski definition) is 1. The lowest BCUT2D eigenvalue weighted by molar-refractivity contribution is 0.660. The van der Waals surface area contributed by atoms with Gasteiger partial charge in [-0.1, -0.05) is 200 Å². The maximum absolute atomic E-state index is 4.06. The van der Waals surface area contributed by atoms with E-state index >= 15 is 0 Å². The number of anilines is 3. The first-order valence-electron chi connectivity index (χ1n) is 20.8. The average molecular weight is 833 g/mol. The molecule has 1 atom stereocenters. The third kappa shape index (κ3) is 5.59. The molecule has 0 aromatic heterocycles. The van der Waals surface area contributed by atoms with E-state index in [0.29, 0.717) is 0 Å². The molecule has 11 rings (SSSR count). The van der Waals surface area contributed by atoms with Crippen LogP contribution in [0.15, 0.2) is 223 Å². The molecule has 0 saturated heterocycles. The molecule has 1 nitrogen and oxygen atoms in total. The molecule has 1 unspecified atom stereocenters. The second-order valence-electron chi connectivity index (χ2n) is 16.6. The highest BCUT2D eigenvalue weighted by atomic mass is 79.9. The smallest absolute Gasteiger partial charge is 0.0724 e. The van der Waals surface area contributed by atoms with E-state index in [-0.39, 0.29) is 5.41 Å². The van der Waals surface area contributed by atoms with Crippen LogP contribution in [0.1, 0.15) is 47.2 Å². The summed E-state index contributed by atoms with van der Waals surface area (Å²) in [4.78, 5) is 2.42. The van der Waals surface area contributed by atoms with Crippen molar-refractivity contribution in [3.05, 3.63) is 256 Å². The summed E-state index contributed by atoms with van der Waals surface area (Å²) >= 11 is 4.06. The molecule has 60 heavy (non-hydrogen) atoms. The third-order valence-corrected chi connectivity index (χ3v) is 13.7. The zero-order chi connectivity index (χ0) is 40.4. The molecule has 0 radical (unpaired) electrons. The fraction of sp³-hybridized carbons (Fsp3) is 0.0690. The van der Waals surface area contributed by atoms with Gasteiger partial charge in [-0.05, 0) is 126 Å². The SMILES string of the molecule is CC1(C)c2ccccc2-c2ccc(N(c3ccc(-c4ccccc4)cc3)c3ccc(C4(c5ccccc5Br)c5ccccc5-c5ccc(-c6ccccc6)cc54)cc3)cc21. The van der Waals surface area contributed by atoms with Gasteiger partial charge in [0.25, 0.3) is 0 Å². The molecule has 0 amide bonds. The minimum Gasteiger partial charge on any atom is -0.310 e. The molecule has 0 N–H and O–H groups in total. The first-order valence-corrected chi connectivity index (χ1v) is 21.6. The molecule has 0 fully saturated rings. The summed E-state index contributed by atoms with van der Waals surface area (Å²) in [5, 5.41) is 0. The van der Waals surface area contributed by atoms with Crippen molar-refractivity contribution in [2.45, 2.75) is 24.7 Å². The van der Waals surface area contributed by atoms with Crippen LogP contribution in [0.3, 0.4) is 0 Å². The number of rotatable bonds is 7. The third-order valence-electron chi connectivity index (χ3n) is 13.0. The largest absolute Gasteiger partial charge is 0.310 e. The normalized spacial score (nSPS) is 15.4. The van der Waals surface area contributed by atoms with E-state index in [0.717, 1.165) is 21.5 Å². The molecular weight excluding hydrogens is 791 g/mol. The number of hydrogen-bond donors (Lipinski definition) is 0. The highest BCUT2D eigenvalue weighted by Crippen LogP contribution is 2.58. The maximum Gasteiger partial charge on any atom is 0.0724 e. The molecule has 286 valence electrons. The molecular formula is C58H42BrN. The van der Waals surface area contributed by atoms with E-state index in [4.69, 9.17) is 0 Å². The van der Waals surface area contributed by atoms with Gasteiger partial charge >= 0.3 is 0 Å². The fourth-order valence-corrected chi connectivity index (χ4v) is 10.8. The van der Waals surface area contributed by atoms with Crippen LogP contribution in [0.25, 0.3) is 44.5 Å². The van der Waals surface area contributed by atoms with Gasteiger partial charge < -0.3 is 4.90 Å². The predicted octanol–water partition coefficient (Wildman–Crippen LogP) is 15.9. The van der Waals surface area contributed by atoms with Crippen molar-refractivity contribution in [2.75, 3.05) is 4.90 Å². The predicted molar refractivity (Wildman–Crippen MR) is 255 cm³/mol. The summed E-state index contributed by atoms with van der Waals surface area (Å²) < 4.78 is 1.09. The molecule has 0 heterocycles. The Morgan fingerprint density at radius 1 is 0.333 bits per heavy atom. The van der Waals surface area contributed by atoms with Gasteiger partial charge in [0, 0.05) is 26.9 Å². The van der Waals surface area contributed by atoms with E-state index < -0.39 is 5.41 Å². The average Bonchev–Trinajstić information content (AvgIpc) is 3.72. The molecule has 2 aliphatic carbocycles. The lowest BCUT2D eigenvalue weighted by atomic mass is 9.67. The standard InChI is InChI=1S/C58H42BrN/c1-57(2)51-21-11-9-19-47(51)49-36-34-46(38-54(49)57)60(44-30-25-41(26-31-44)39-15-5-3-6-16-39)45-32-28-43(29-33-45)58(53-23-13-14-24-56(53)59)52-22-12-10-20-48(52)50-35-27-42(37-55(50)58)40-17-7-4-8-18-40/h3-38H,1-2H3. The van der Waals surface area contributed by atoms with Crippen LogP contribution >= 0.6 is 15.9 Å². The van der Waals surface area contributed by atoms with Crippen molar-refractivity contribution in [3.63, 3.8) is 0 Å². The first-order chi connectivity index (χ1) is 29.4. The Labute approximate surface area is 361 Å². The van der Waals surface area contributed by atoms with E-state index in [2.05, 4.69) is 253 Å². The molecule has 0 bridgehead atoms. The summed E-state index contributed by atoms with van der Waals surface area (Å²) in [6.07, 6.45) is 0. The molecule has 2 aliphatic rings. The quantitative estimate of drug-likeness (QED) is 0.155. The Hall–Kier alpha value is -6.74. The first kappa shape index (κ1) is 36.3. The van der Waals surface area contributed by atoms with E-state index in [1.54, 1.807) is 0 Å². The molecule has 0 spiro atoms. The van der Waals surface area contributed by atoms with E-state index in [9.17, 15) is 0 Å². The number of halogens is 1. The van der Waals surface area contributed by atoms with Crippen molar-refractivity contribution in [2.24, 2.45) is 0 Å². The van der Waals surface area contributed by atoms with Crippen LogP contribution in [0.4, 0.5) is 17.1 Å². The highest BCUT2D eigenvalue weighted by molar-refractivity contribution is 9.10. The van der Waals surface area contributed by atoms with Gasteiger partial charge in [-0.15, -0.1) is 0 Å². The summed E-state index contributed by atoms with van der Waals surface area (Å²) in [6.45, 7) is 4.72. The maximum atomic E-state index is 4.06. The van der Waals surface area contributed by atoms with Gasteiger partial charge in [0.05, 0.1) is 5.41 Å². The summed E-state index contributed by atoms with van der Waals surface area (Å²) in [5.41, 5.74) is 20.4. The summed E-state index contributed by atoms with van der Waals surface area (Å²) in [5.74, 6) is 0. The topological polar surface area (TPSA) is 3.24 Å². The minimum absolute atomic E-state index is 0.119. The van der Waals surface area contributed by atoms with Crippen molar-refractivity contribution in [1.29, 1.82) is 0 Å². The minimum atomic E-state index is -0.569. The van der Waals surface area contributed by atoms with Crippen LogP contribution < -0.4 is 4.90 Å². The zero-order valence-corrected chi connectivity index (χ0v) is 35.2. The number of nitrogens with zero attached hydrogens (tertiary/aromatic N) is 1. The van der Waals surface area contributed by atoms with Crippen LogP contribution in [-0.2, 0) is 10.8 Å². The van der Waals surface area contributed by atoms with E-state index in [1.807, 2.05) is 0 Å². The van der Waals surface area contributed by atoms with Crippen molar-refractivity contribution in [1.82, 2.24) is 0 Å². The van der Waals surface area contributed by atoms with E-state index in [1.165, 1.54) is 77.9 Å². The number of fused-ring (bicyclic) bond motifs is 6. The Kier molecular flexibility index (Phi) is 8.62. The van der Waals surface area contributed by atoms with Crippen molar-refractivity contribution >= 4 is 33.0 Å². The molecule has 2 heteroatoms. The Bertz CT molecular complexity index is 3060. The lowest BCUT2D eigenvalue weighted by Crippen LogP contribution is -2.29. The number of benzene rings is 9. The van der Waals surface area contributed by atoms with Gasteiger partial charge in [-0.2, -0.15) is 0 Å². The van der Waals surface area contributed by atoms with Gasteiger partial charge in [-0.25, -0.2) is 0 Å². The summed E-state index contributed by atoms with van der Waals surface area (Å²) in [6, 6.07) is 80.5. The van der Waals surface area contributed by atoms with Crippen LogP contribution in [0, 0.1) is 0 Å². The molecule has 0 aliphatic heterocycles. The van der Waals surface area contributed by atoms with Gasteiger partial charge in [0.15, 0.2) is 0 Å². The Morgan fingerprint density at radius 3 is 1.45 bits per heavy atom.